The molecule has 0 aromatic heterocycles. The van der Waals surface area contributed by atoms with E-state index < -0.39 is 5.97 Å². The lowest BCUT2D eigenvalue weighted by Crippen LogP contribution is -2.15. The molecule has 0 radical (unpaired) electrons. The average Bonchev–Trinajstić information content (AvgIpc) is 2.15. The quantitative estimate of drug-likeness (QED) is 0.623. The van der Waals surface area contributed by atoms with E-state index in [2.05, 4.69) is 4.74 Å². The highest BCUT2D eigenvalue weighted by atomic mass is 16.5. The average molecular weight is 182 g/mol. The number of hydrogen-bond donors (Lipinski definition) is 0. The maximum atomic E-state index is 11.4. The predicted molar refractivity (Wildman–Crippen MR) is 48.2 cm³/mol. The van der Waals surface area contributed by atoms with E-state index in [9.17, 15) is 9.59 Å². The van der Waals surface area contributed by atoms with E-state index in [-0.39, 0.29) is 12.4 Å². The highest BCUT2D eigenvalue weighted by Gasteiger charge is 2.12. The van der Waals surface area contributed by atoms with Crippen LogP contribution in [0.1, 0.15) is 32.6 Å². The Morgan fingerprint density at radius 2 is 2.23 bits per heavy atom. The lowest BCUT2D eigenvalue weighted by molar-refractivity contribution is -0.144. The lowest BCUT2D eigenvalue weighted by Gasteiger charge is -2.10. The largest absolute Gasteiger partial charge is 0.457 e. The summed E-state index contributed by atoms with van der Waals surface area (Å²) in [5, 5.41) is 0. The molecule has 0 saturated carbocycles. The Balaban J connectivity index is 2.38. The van der Waals surface area contributed by atoms with Crippen molar-refractivity contribution in [2.45, 2.75) is 32.6 Å². The second kappa shape index (κ2) is 4.80. The summed E-state index contributed by atoms with van der Waals surface area (Å²) in [5.74, 6) is -0.445. The molecule has 0 unspecified atom stereocenters. The van der Waals surface area contributed by atoms with E-state index in [1.807, 2.05) is 6.08 Å². The fraction of sp³-hybridized carbons (Fsp3) is 0.600. The van der Waals surface area contributed by atoms with Gasteiger partial charge in [-0.05, 0) is 31.3 Å². The first-order chi connectivity index (χ1) is 6.20. The third-order valence-electron chi connectivity index (χ3n) is 2.06. The molecule has 3 nitrogen and oxygen atoms in total. The maximum absolute atomic E-state index is 11.4. The standard InChI is InChI=1S/C10H14O3/c1-8(11)13-7-10(12)9-5-3-2-4-6-9/h5H,2-4,6-7H2,1H3. The van der Waals surface area contributed by atoms with Gasteiger partial charge in [0.2, 0.25) is 0 Å². The van der Waals surface area contributed by atoms with E-state index in [0.29, 0.717) is 0 Å². The SMILES string of the molecule is CC(=O)OCC(=O)C1=CCCCC1. The molecule has 0 aromatic carbocycles. The number of Topliss-reactive ketones (excluding diaryl/α,β-unsaturated/α-hetero) is 1. The number of allylic oxidation sites excluding steroid dienone is 1. The van der Waals surface area contributed by atoms with Gasteiger partial charge in [0, 0.05) is 6.92 Å². The zero-order valence-corrected chi connectivity index (χ0v) is 7.84. The fourth-order valence-electron chi connectivity index (χ4n) is 1.35. The van der Waals surface area contributed by atoms with E-state index >= 15 is 0 Å². The van der Waals surface area contributed by atoms with Crippen LogP contribution in [0.15, 0.2) is 11.6 Å². The monoisotopic (exact) mass is 182 g/mol. The minimum Gasteiger partial charge on any atom is -0.457 e. The molecule has 3 heteroatoms. The number of rotatable bonds is 3. The second-order valence-corrected chi connectivity index (χ2v) is 3.18. The molecule has 0 fully saturated rings. The number of ketones is 1. The van der Waals surface area contributed by atoms with Crippen LogP contribution in [0.4, 0.5) is 0 Å². The molecule has 13 heavy (non-hydrogen) atoms. The minimum atomic E-state index is -0.398. The summed E-state index contributed by atoms with van der Waals surface area (Å²) in [6.07, 6.45) is 5.98. The van der Waals surface area contributed by atoms with Crippen molar-refractivity contribution in [3.8, 4) is 0 Å². The van der Waals surface area contributed by atoms with Crippen LogP contribution in [0.2, 0.25) is 0 Å². The zero-order chi connectivity index (χ0) is 9.68. The zero-order valence-electron chi connectivity index (χ0n) is 7.84. The van der Waals surface area contributed by atoms with Crippen molar-refractivity contribution in [2.24, 2.45) is 0 Å². The number of hydrogen-bond acceptors (Lipinski definition) is 3. The van der Waals surface area contributed by atoms with Crippen LogP contribution in [-0.2, 0) is 14.3 Å². The van der Waals surface area contributed by atoms with Crippen LogP contribution in [0, 0.1) is 0 Å². The van der Waals surface area contributed by atoms with Gasteiger partial charge in [-0.2, -0.15) is 0 Å². The number of ether oxygens (including phenoxy) is 1. The molecule has 1 aliphatic carbocycles. The van der Waals surface area contributed by atoms with Crippen LogP contribution in [0.5, 0.6) is 0 Å². The van der Waals surface area contributed by atoms with Crippen molar-refractivity contribution in [1.82, 2.24) is 0 Å². The van der Waals surface area contributed by atoms with Gasteiger partial charge in [0.05, 0.1) is 0 Å². The molecule has 0 amide bonds. The first kappa shape index (κ1) is 9.96. The van der Waals surface area contributed by atoms with Crippen molar-refractivity contribution >= 4 is 11.8 Å². The summed E-state index contributed by atoms with van der Waals surface area (Å²) in [4.78, 5) is 21.8. The van der Waals surface area contributed by atoms with Gasteiger partial charge in [0.15, 0.2) is 12.4 Å². The van der Waals surface area contributed by atoms with Crippen molar-refractivity contribution in [1.29, 1.82) is 0 Å². The molecule has 0 atom stereocenters. The van der Waals surface area contributed by atoms with E-state index in [1.165, 1.54) is 6.92 Å². The number of esters is 1. The number of carbonyl (C=O) groups is 2. The van der Waals surface area contributed by atoms with Crippen molar-refractivity contribution in [3.05, 3.63) is 11.6 Å². The van der Waals surface area contributed by atoms with Crippen LogP contribution in [0.3, 0.4) is 0 Å². The highest BCUT2D eigenvalue weighted by Crippen LogP contribution is 2.17. The van der Waals surface area contributed by atoms with Gasteiger partial charge in [-0.1, -0.05) is 6.08 Å². The summed E-state index contributed by atoms with van der Waals surface area (Å²) in [6, 6.07) is 0. The Morgan fingerprint density at radius 3 is 2.77 bits per heavy atom. The minimum absolute atomic E-state index is 0.0464. The Kier molecular flexibility index (Phi) is 3.68. The van der Waals surface area contributed by atoms with Gasteiger partial charge in [-0.3, -0.25) is 9.59 Å². The van der Waals surface area contributed by atoms with Gasteiger partial charge in [0.1, 0.15) is 0 Å². The Labute approximate surface area is 77.8 Å². The molecule has 0 saturated heterocycles. The molecule has 1 rings (SSSR count). The number of carbonyl (C=O) groups excluding carboxylic acids is 2. The first-order valence-electron chi connectivity index (χ1n) is 4.56. The molecule has 0 aromatic rings. The van der Waals surface area contributed by atoms with E-state index in [0.717, 1.165) is 31.3 Å². The summed E-state index contributed by atoms with van der Waals surface area (Å²) in [6.45, 7) is 1.21. The summed E-state index contributed by atoms with van der Waals surface area (Å²) in [5.41, 5.74) is 0.826. The van der Waals surface area contributed by atoms with Crippen LogP contribution in [-0.4, -0.2) is 18.4 Å². The van der Waals surface area contributed by atoms with Crippen molar-refractivity contribution < 1.29 is 14.3 Å². The van der Waals surface area contributed by atoms with E-state index in [1.54, 1.807) is 0 Å². The topological polar surface area (TPSA) is 43.4 Å². The predicted octanol–water partition coefficient (Wildman–Crippen LogP) is 1.62. The van der Waals surface area contributed by atoms with Crippen LogP contribution < -0.4 is 0 Å². The van der Waals surface area contributed by atoms with Gasteiger partial charge in [-0.25, -0.2) is 0 Å². The highest BCUT2D eigenvalue weighted by molar-refractivity contribution is 5.97. The third kappa shape index (κ3) is 3.40. The molecule has 0 N–H and O–H groups in total. The van der Waals surface area contributed by atoms with Gasteiger partial charge < -0.3 is 4.74 Å². The summed E-state index contributed by atoms with van der Waals surface area (Å²) in [7, 11) is 0. The third-order valence-corrected chi connectivity index (χ3v) is 2.06. The second-order valence-electron chi connectivity index (χ2n) is 3.18. The molecule has 0 aliphatic heterocycles. The van der Waals surface area contributed by atoms with Crippen molar-refractivity contribution in [2.75, 3.05) is 6.61 Å². The van der Waals surface area contributed by atoms with Crippen molar-refractivity contribution in [3.63, 3.8) is 0 Å². The fourth-order valence-corrected chi connectivity index (χ4v) is 1.35. The maximum Gasteiger partial charge on any atom is 0.303 e. The van der Waals surface area contributed by atoms with Gasteiger partial charge >= 0.3 is 5.97 Å². The van der Waals surface area contributed by atoms with Gasteiger partial charge in [0.25, 0.3) is 0 Å². The smallest absolute Gasteiger partial charge is 0.303 e. The molecule has 72 valence electrons. The van der Waals surface area contributed by atoms with Crippen LogP contribution >= 0.6 is 0 Å². The van der Waals surface area contributed by atoms with E-state index in [4.69, 9.17) is 0 Å². The summed E-state index contributed by atoms with van der Waals surface area (Å²) < 4.78 is 4.63. The molecule has 0 heterocycles. The Morgan fingerprint density at radius 1 is 1.46 bits per heavy atom. The molecular weight excluding hydrogens is 168 g/mol. The Bertz CT molecular complexity index is 241. The van der Waals surface area contributed by atoms with Gasteiger partial charge in [-0.15, -0.1) is 0 Å². The lowest BCUT2D eigenvalue weighted by atomic mass is 9.97. The molecule has 1 aliphatic rings. The molecule has 0 bridgehead atoms. The molecule has 0 spiro atoms. The Hall–Kier alpha value is -1.12. The first-order valence-corrected chi connectivity index (χ1v) is 4.56. The molecular formula is C10H14O3. The van der Waals surface area contributed by atoms with Crippen LogP contribution in [0.25, 0.3) is 0 Å². The summed E-state index contributed by atoms with van der Waals surface area (Å²) >= 11 is 0. The normalized spacial score (nSPS) is 16.2.